The molecule has 0 saturated heterocycles. The van der Waals surface area contributed by atoms with Crippen LogP contribution in [0.5, 0.6) is 5.88 Å². The Balaban J connectivity index is 1.98. The molecule has 0 saturated carbocycles. The summed E-state index contributed by atoms with van der Waals surface area (Å²) in [5.41, 5.74) is 1.97. The van der Waals surface area contributed by atoms with Gasteiger partial charge in [-0.1, -0.05) is 34.2 Å². The highest BCUT2D eigenvalue weighted by molar-refractivity contribution is 7.73. The van der Waals surface area contributed by atoms with Crippen molar-refractivity contribution in [2.75, 3.05) is 0 Å². The molecule has 3 aromatic rings. The van der Waals surface area contributed by atoms with Crippen LogP contribution in [0.1, 0.15) is 16.2 Å². The van der Waals surface area contributed by atoms with E-state index in [1.807, 2.05) is 31.2 Å². The van der Waals surface area contributed by atoms with E-state index < -0.39 is 0 Å². The van der Waals surface area contributed by atoms with E-state index in [1.165, 1.54) is 17.6 Å². The normalized spacial score (nSPS) is 11.4. The predicted molar refractivity (Wildman–Crippen MR) is 89.4 cm³/mol. The third kappa shape index (κ3) is 2.86. The number of aromatic hydroxyl groups is 1. The van der Waals surface area contributed by atoms with Crippen LogP contribution in [0.2, 0.25) is 0 Å². The Kier molecular flexibility index (Phi) is 3.91. The van der Waals surface area contributed by atoms with Gasteiger partial charge in [0.2, 0.25) is 5.88 Å². The highest BCUT2D eigenvalue weighted by Gasteiger charge is 2.12. The maximum Gasteiger partial charge on any atom is 0.216 e. The van der Waals surface area contributed by atoms with E-state index in [9.17, 15) is 5.11 Å². The van der Waals surface area contributed by atoms with Crippen molar-refractivity contribution < 1.29 is 9.63 Å². The highest BCUT2D eigenvalue weighted by atomic mass is 32.1. The zero-order chi connectivity index (χ0) is 15.7. The van der Waals surface area contributed by atoms with Crippen molar-refractivity contribution in [2.24, 2.45) is 4.99 Å². The van der Waals surface area contributed by atoms with Crippen LogP contribution in [0.15, 0.2) is 39.8 Å². The average molecular weight is 331 g/mol. The van der Waals surface area contributed by atoms with Gasteiger partial charge in [-0.25, -0.2) is 4.99 Å². The van der Waals surface area contributed by atoms with Crippen molar-refractivity contribution in [1.29, 1.82) is 0 Å². The van der Waals surface area contributed by atoms with Crippen LogP contribution >= 0.6 is 23.6 Å². The van der Waals surface area contributed by atoms with Gasteiger partial charge < -0.3 is 9.63 Å². The predicted octanol–water partition coefficient (Wildman–Crippen LogP) is 4.33. The molecule has 2 aromatic heterocycles. The lowest BCUT2D eigenvalue weighted by Crippen LogP contribution is -1.93. The molecule has 0 bridgehead atoms. The minimum Gasteiger partial charge on any atom is -0.493 e. The molecule has 22 heavy (non-hydrogen) atoms. The summed E-state index contributed by atoms with van der Waals surface area (Å²) in [6, 6.07) is 9.49. The van der Waals surface area contributed by atoms with Gasteiger partial charge in [-0.05, 0) is 38.2 Å². The van der Waals surface area contributed by atoms with Gasteiger partial charge in [0.05, 0.1) is 11.9 Å². The van der Waals surface area contributed by atoms with Crippen LogP contribution in [-0.2, 0) is 0 Å². The molecule has 2 heterocycles. The number of hydrogen-bond donors (Lipinski definition) is 1. The maximum atomic E-state index is 10.4. The lowest BCUT2D eigenvalue weighted by molar-refractivity contribution is 0.399. The van der Waals surface area contributed by atoms with Gasteiger partial charge in [0.15, 0.2) is 9.77 Å². The summed E-state index contributed by atoms with van der Waals surface area (Å²) in [5.74, 6) is 1.21. The second-order valence-electron chi connectivity index (χ2n) is 4.78. The number of nitrogens with zero attached hydrogens (tertiary/aromatic N) is 3. The summed E-state index contributed by atoms with van der Waals surface area (Å²) < 4.78 is 7.12. The minimum absolute atomic E-state index is 0.0721. The lowest BCUT2D eigenvalue weighted by atomic mass is 10.2. The Morgan fingerprint density at radius 3 is 2.68 bits per heavy atom. The molecule has 0 amide bonds. The average Bonchev–Trinajstić information content (AvgIpc) is 3.02. The molecule has 0 fully saturated rings. The van der Waals surface area contributed by atoms with E-state index in [1.54, 1.807) is 17.6 Å². The molecule has 1 aromatic carbocycles. The fraction of sp³-hybridized carbons (Fsp3) is 0.133. The Labute approximate surface area is 136 Å². The first-order chi connectivity index (χ1) is 10.5. The molecule has 0 atom stereocenters. The lowest BCUT2D eigenvalue weighted by Gasteiger charge is -2.04. The molecule has 0 aliphatic carbocycles. The third-order valence-electron chi connectivity index (χ3n) is 3.03. The van der Waals surface area contributed by atoms with Gasteiger partial charge in [0.25, 0.3) is 0 Å². The quantitative estimate of drug-likeness (QED) is 0.573. The topological polar surface area (TPSA) is 63.5 Å². The number of aliphatic imine (C=N–C) groups is 1. The van der Waals surface area contributed by atoms with E-state index >= 15 is 0 Å². The van der Waals surface area contributed by atoms with Crippen LogP contribution in [0.3, 0.4) is 0 Å². The summed E-state index contributed by atoms with van der Waals surface area (Å²) in [6.07, 6.45) is 1.54. The van der Waals surface area contributed by atoms with Crippen molar-refractivity contribution in [3.8, 4) is 11.6 Å². The molecule has 0 aliphatic heterocycles. The minimum atomic E-state index is 0.0721. The van der Waals surface area contributed by atoms with Gasteiger partial charge in [0.1, 0.15) is 10.6 Å². The van der Waals surface area contributed by atoms with Gasteiger partial charge in [-0.3, -0.25) is 4.57 Å². The Morgan fingerprint density at radius 1 is 1.32 bits per heavy atom. The summed E-state index contributed by atoms with van der Waals surface area (Å²) in [6.45, 7) is 3.80. The monoisotopic (exact) mass is 331 g/mol. The SMILES string of the molecule is Cc1ccc(-n2c(O)c(C=Nc3cc(C)on3)sc2=S)cc1. The molecular formula is C15H13N3O2S2. The summed E-state index contributed by atoms with van der Waals surface area (Å²) in [5, 5.41) is 14.2. The molecule has 1 N–H and O–H groups in total. The van der Waals surface area contributed by atoms with E-state index in [-0.39, 0.29) is 5.88 Å². The van der Waals surface area contributed by atoms with Crippen molar-refractivity contribution in [3.63, 3.8) is 0 Å². The van der Waals surface area contributed by atoms with Crippen LogP contribution < -0.4 is 0 Å². The van der Waals surface area contributed by atoms with E-state index in [4.69, 9.17) is 16.7 Å². The van der Waals surface area contributed by atoms with Crippen molar-refractivity contribution in [1.82, 2.24) is 9.72 Å². The van der Waals surface area contributed by atoms with Crippen molar-refractivity contribution in [3.05, 3.63) is 50.5 Å². The zero-order valence-corrected chi connectivity index (χ0v) is 13.6. The first-order valence-corrected chi connectivity index (χ1v) is 7.76. The smallest absolute Gasteiger partial charge is 0.216 e. The first-order valence-electron chi connectivity index (χ1n) is 6.54. The number of aryl methyl sites for hydroxylation is 2. The maximum absolute atomic E-state index is 10.4. The summed E-state index contributed by atoms with van der Waals surface area (Å²) in [7, 11) is 0. The van der Waals surface area contributed by atoms with Crippen LogP contribution in [0.25, 0.3) is 5.69 Å². The van der Waals surface area contributed by atoms with E-state index in [0.717, 1.165) is 11.3 Å². The van der Waals surface area contributed by atoms with Crippen molar-refractivity contribution in [2.45, 2.75) is 13.8 Å². The van der Waals surface area contributed by atoms with Crippen LogP contribution in [-0.4, -0.2) is 21.0 Å². The molecule has 3 rings (SSSR count). The number of aromatic nitrogens is 2. The fourth-order valence-electron chi connectivity index (χ4n) is 1.93. The molecule has 5 nitrogen and oxygen atoms in total. The Bertz CT molecular complexity index is 888. The second kappa shape index (κ2) is 5.86. The number of rotatable bonds is 3. The molecule has 0 aliphatic rings. The second-order valence-corrected chi connectivity index (χ2v) is 6.46. The molecule has 112 valence electrons. The van der Waals surface area contributed by atoms with Gasteiger partial charge in [-0.15, -0.1) is 0 Å². The van der Waals surface area contributed by atoms with Crippen LogP contribution in [0.4, 0.5) is 5.82 Å². The zero-order valence-electron chi connectivity index (χ0n) is 12.0. The van der Waals surface area contributed by atoms with Gasteiger partial charge >= 0.3 is 0 Å². The Morgan fingerprint density at radius 2 is 2.05 bits per heavy atom. The van der Waals surface area contributed by atoms with E-state index in [0.29, 0.717) is 20.4 Å². The molecule has 0 spiro atoms. The standard InChI is InChI=1S/C15H13N3O2S2/c1-9-3-5-11(6-4-9)18-14(19)12(22-15(18)21)8-16-13-7-10(2)20-17-13/h3-8,19H,1-2H3. The first kappa shape index (κ1) is 14.7. The van der Waals surface area contributed by atoms with Gasteiger partial charge in [-0.2, -0.15) is 0 Å². The van der Waals surface area contributed by atoms with Crippen LogP contribution in [0, 0.1) is 17.8 Å². The number of hydrogen-bond acceptors (Lipinski definition) is 6. The molecule has 0 unspecified atom stereocenters. The molecule has 0 radical (unpaired) electrons. The largest absolute Gasteiger partial charge is 0.493 e. The fourth-order valence-corrected chi connectivity index (χ4v) is 3.15. The number of benzene rings is 1. The Hall–Kier alpha value is -2.25. The molecule has 7 heteroatoms. The van der Waals surface area contributed by atoms with Crippen molar-refractivity contribution >= 4 is 35.6 Å². The molecular weight excluding hydrogens is 318 g/mol. The van der Waals surface area contributed by atoms with Gasteiger partial charge in [0, 0.05) is 6.07 Å². The summed E-state index contributed by atoms with van der Waals surface area (Å²) >= 11 is 6.62. The van der Waals surface area contributed by atoms with E-state index in [2.05, 4.69) is 10.1 Å². The summed E-state index contributed by atoms with van der Waals surface area (Å²) in [4.78, 5) is 4.76. The number of thiazole rings is 1. The third-order valence-corrected chi connectivity index (χ3v) is 4.33. The highest BCUT2D eigenvalue weighted by Crippen LogP contribution is 2.28.